The minimum atomic E-state index is 0.230. The first-order valence-corrected chi connectivity index (χ1v) is 5.93. The van der Waals surface area contributed by atoms with E-state index >= 15 is 0 Å². The van der Waals surface area contributed by atoms with Crippen LogP contribution in [0, 0.1) is 11.8 Å². The fourth-order valence-corrected chi connectivity index (χ4v) is 1.71. The SMILES string of the molecule is COc1ccc(CC(N)C(C)C(C)C)cc1. The van der Waals surface area contributed by atoms with Gasteiger partial charge in [0.05, 0.1) is 7.11 Å². The zero-order chi connectivity index (χ0) is 12.1. The molecule has 0 spiro atoms. The van der Waals surface area contributed by atoms with E-state index in [1.807, 2.05) is 12.1 Å². The van der Waals surface area contributed by atoms with Crippen molar-refractivity contribution in [3.63, 3.8) is 0 Å². The molecule has 0 heterocycles. The summed E-state index contributed by atoms with van der Waals surface area (Å²) in [6.07, 6.45) is 0.934. The molecule has 1 aromatic rings. The summed E-state index contributed by atoms with van der Waals surface area (Å²) in [5.74, 6) is 2.07. The number of methoxy groups -OCH3 is 1. The highest BCUT2D eigenvalue weighted by Gasteiger charge is 2.16. The second kappa shape index (κ2) is 5.90. The quantitative estimate of drug-likeness (QED) is 0.829. The largest absolute Gasteiger partial charge is 0.497 e. The Bertz CT molecular complexity index is 305. The van der Waals surface area contributed by atoms with E-state index in [1.54, 1.807) is 7.11 Å². The van der Waals surface area contributed by atoms with Crippen molar-refractivity contribution >= 4 is 0 Å². The Hall–Kier alpha value is -1.02. The maximum atomic E-state index is 6.19. The van der Waals surface area contributed by atoms with Gasteiger partial charge < -0.3 is 10.5 Å². The minimum absolute atomic E-state index is 0.230. The summed E-state index contributed by atoms with van der Waals surface area (Å²) in [7, 11) is 1.68. The smallest absolute Gasteiger partial charge is 0.118 e. The van der Waals surface area contributed by atoms with Gasteiger partial charge in [-0.1, -0.05) is 32.9 Å². The molecule has 0 aliphatic rings. The lowest BCUT2D eigenvalue weighted by Gasteiger charge is -2.23. The van der Waals surface area contributed by atoms with Gasteiger partial charge in [-0.3, -0.25) is 0 Å². The number of hydrogen-bond acceptors (Lipinski definition) is 2. The Morgan fingerprint density at radius 1 is 1.12 bits per heavy atom. The number of nitrogens with two attached hydrogens (primary N) is 1. The molecule has 2 nitrogen and oxygen atoms in total. The van der Waals surface area contributed by atoms with E-state index in [0.717, 1.165) is 12.2 Å². The Balaban J connectivity index is 2.59. The molecular formula is C14H23NO. The molecule has 0 aliphatic heterocycles. The first kappa shape index (κ1) is 13.0. The highest BCUT2D eigenvalue weighted by molar-refractivity contribution is 5.27. The van der Waals surface area contributed by atoms with Gasteiger partial charge in [-0.25, -0.2) is 0 Å². The zero-order valence-corrected chi connectivity index (χ0v) is 10.7. The van der Waals surface area contributed by atoms with Crippen LogP contribution in [0.2, 0.25) is 0 Å². The normalized spacial score (nSPS) is 14.9. The molecule has 0 radical (unpaired) electrons. The average molecular weight is 221 g/mol. The fourth-order valence-electron chi connectivity index (χ4n) is 1.71. The first-order valence-electron chi connectivity index (χ1n) is 5.93. The van der Waals surface area contributed by atoms with Gasteiger partial charge in [-0.15, -0.1) is 0 Å². The molecule has 0 aliphatic carbocycles. The fraction of sp³-hybridized carbons (Fsp3) is 0.571. The van der Waals surface area contributed by atoms with Crippen molar-refractivity contribution in [2.24, 2.45) is 17.6 Å². The number of rotatable bonds is 5. The maximum Gasteiger partial charge on any atom is 0.118 e. The number of benzene rings is 1. The highest BCUT2D eigenvalue weighted by atomic mass is 16.5. The van der Waals surface area contributed by atoms with E-state index in [9.17, 15) is 0 Å². The first-order chi connectivity index (χ1) is 7.54. The molecule has 2 atom stereocenters. The lowest BCUT2D eigenvalue weighted by atomic mass is 9.87. The molecule has 2 unspecified atom stereocenters. The number of hydrogen-bond donors (Lipinski definition) is 1. The lowest BCUT2D eigenvalue weighted by molar-refractivity contribution is 0.344. The van der Waals surface area contributed by atoms with Gasteiger partial charge in [-0.2, -0.15) is 0 Å². The maximum absolute atomic E-state index is 6.19. The summed E-state index contributed by atoms with van der Waals surface area (Å²) in [6, 6.07) is 8.38. The summed E-state index contributed by atoms with van der Waals surface area (Å²) in [5, 5.41) is 0. The minimum Gasteiger partial charge on any atom is -0.497 e. The molecule has 0 saturated carbocycles. The zero-order valence-electron chi connectivity index (χ0n) is 10.7. The standard InChI is InChI=1S/C14H23NO/c1-10(2)11(3)14(15)9-12-5-7-13(16-4)8-6-12/h5-8,10-11,14H,9,15H2,1-4H3. The van der Waals surface area contributed by atoms with Crippen molar-refractivity contribution in [1.29, 1.82) is 0 Å². The van der Waals surface area contributed by atoms with E-state index in [4.69, 9.17) is 10.5 Å². The molecule has 16 heavy (non-hydrogen) atoms. The molecule has 1 aromatic carbocycles. The van der Waals surface area contributed by atoms with Gasteiger partial charge in [-0.05, 0) is 36.0 Å². The molecule has 90 valence electrons. The van der Waals surface area contributed by atoms with Crippen molar-refractivity contribution < 1.29 is 4.74 Å². The molecule has 0 amide bonds. The van der Waals surface area contributed by atoms with E-state index in [-0.39, 0.29) is 6.04 Å². The molecule has 0 fully saturated rings. The Morgan fingerprint density at radius 3 is 2.12 bits per heavy atom. The van der Waals surface area contributed by atoms with Crippen LogP contribution in [0.4, 0.5) is 0 Å². The van der Waals surface area contributed by atoms with E-state index < -0.39 is 0 Å². The predicted molar refractivity (Wildman–Crippen MR) is 68.7 cm³/mol. The predicted octanol–water partition coefficient (Wildman–Crippen LogP) is 2.86. The third kappa shape index (κ3) is 3.53. The molecule has 0 bridgehead atoms. The second-order valence-corrected chi connectivity index (χ2v) is 4.82. The topological polar surface area (TPSA) is 35.2 Å². The van der Waals surface area contributed by atoms with Crippen molar-refractivity contribution in [1.82, 2.24) is 0 Å². The molecule has 2 heteroatoms. The van der Waals surface area contributed by atoms with Crippen molar-refractivity contribution in [2.75, 3.05) is 7.11 Å². The van der Waals surface area contributed by atoms with Gasteiger partial charge in [0.2, 0.25) is 0 Å². The van der Waals surface area contributed by atoms with Crippen LogP contribution in [0.3, 0.4) is 0 Å². The van der Waals surface area contributed by atoms with E-state index in [1.165, 1.54) is 5.56 Å². The summed E-state index contributed by atoms with van der Waals surface area (Å²) in [6.45, 7) is 6.66. The van der Waals surface area contributed by atoms with Gasteiger partial charge in [0.15, 0.2) is 0 Å². The second-order valence-electron chi connectivity index (χ2n) is 4.82. The monoisotopic (exact) mass is 221 g/mol. The van der Waals surface area contributed by atoms with Crippen LogP contribution < -0.4 is 10.5 Å². The van der Waals surface area contributed by atoms with Crippen LogP contribution in [0.1, 0.15) is 26.3 Å². The Labute approximate surface area is 98.8 Å². The summed E-state index contributed by atoms with van der Waals surface area (Å²) < 4.78 is 5.13. The van der Waals surface area contributed by atoms with Gasteiger partial charge in [0.1, 0.15) is 5.75 Å². The average Bonchev–Trinajstić information content (AvgIpc) is 2.28. The summed E-state index contributed by atoms with van der Waals surface area (Å²) >= 11 is 0. The molecule has 0 saturated heterocycles. The van der Waals surface area contributed by atoms with Crippen LogP contribution in [-0.2, 0) is 6.42 Å². The summed E-state index contributed by atoms with van der Waals surface area (Å²) in [4.78, 5) is 0. The number of ether oxygens (including phenoxy) is 1. The highest BCUT2D eigenvalue weighted by Crippen LogP contribution is 2.18. The molecule has 2 N–H and O–H groups in total. The van der Waals surface area contributed by atoms with Gasteiger partial charge >= 0.3 is 0 Å². The summed E-state index contributed by atoms with van der Waals surface area (Å²) in [5.41, 5.74) is 7.47. The van der Waals surface area contributed by atoms with Crippen LogP contribution in [0.15, 0.2) is 24.3 Å². The molecule has 1 rings (SSSR count). The van der Waals surface area contributed by atoms with E-state index in [2.05, 4.69) is 32.9 Å². The molecule has 0 aromatic heterocycles. The van der Waals surface area contributed by atoms with Crippen molar-refractivity contribution in [2.45, 2.75) is 33.2 Å². The van der Waals surface area contributed by atoms with Gasteiger partial charge in [0, 0.05) is 6.04 Å². The Morgan fingerprint density at radius 2 is 1.69 bits per heavy atom. The van der Waals surface area contributed by atoms with Crippen LogP contribution in [-0.4, -0.2) is 13.2 Å². The molecular weight excluding hydrogens is 198 g/mol. The van der Waals surface area contributed by atoms with Crippen molar-refractivity contribution in [3.05, 3.63) is 29.8 Å². The van der Waals surface area contributed by atoms with Crippen LogP contribution >= 0.6 is 0 Å². The lowest BCUT2D eigenvalue weighted by Crippen LogP contribution is -2.33. The van der Waals surface area contributed by atoms with Gasteiger partial charge in [0.25, 0.3) is 0 Å². The Kier molecular flexibility index (Phi) is 4.81. The van der Waals surface area contributed by atoms with E-state index in [0.29, 0.717) is 11.8 Å². The van der Waals surface area contributed by atoms with Crippen molar-refractivity contribution in [3.8, 4) is 5.75 Å². The third-order valence-corrected chi connectivity index (χ3v) is 3.36. The van der Waals surface area contributed by atoms with Crippen LogP contribution in [0.25, 0.3) is 0 Å². The third-order valence-electron chi connectivity index (χ3n) is 3.36. The van der Waals surface area contributed by atoms with Crippen LogP contribution in [0.5, 0.6) is 5.75 Å².